The topological polar surface area (TPSA) is 12.0 Å². The lowest BCUT2D eigenvalue weighted by Crippen LogP contribution is -2.26. The summed E-state index contributed by atoms with van der Waals surface area (Å²) in [5.74, 6) is 0. The Morgan fingerprint density at radius 2 is 1.90 bits per heavy atom. The first-order chi connectivity index (χ1) is 9.23. The number of thioether (sulfide) groups is 1. The van der Waals surface area contributed by atoms with Gasteiger partial charge in [0.05, 0.1) is 0 Å². The molecule has 0 radical (unpaired) electrons. The maximum absolute atomic E-state index is 12.2. The average molecular weight is 303 g/mol. The lowest BCUT2D eigenvalue weighted by Gasteiger charge is -2.18. The van der Waals surface area contributed by atoms with Gasteiger partial charge in [0.15, 0.2) is 0 Å². The van der Waals surface area contributed by atoms with Gasteiger partial charge in [0, 0.05) is 17.5 Å². The van der Waals surface area contributed by atoms with Gasteiger partial charge in [0.2, 0.25) is 0 Å². The second-order valence-electron chi connectivity index (χ2n) is 6.18. The first kappa shape index (κ1) is 15.7. The highest BCUT2D eigenvalue weighted by Gasteiger charge is 2.30. The van der Waals surface area contributed by atoms with Crippen LogP contribution in [-0.4, -0.2) is 11.6 Å². The van der Waals surface area contributed by atoms with Crippen LogP contribution in [0.2, 0.25) is 0 Å². The third-order valence-corrected chi connectivity index (χ3v) is 4.46. The first-order valence-electron chi connectivity index (χ1n) is 6.82. The maximum Gasteiger partial charge on any atom is 0.446 e. The molecule has 1 N–H and O–H groups in total. The second kappa shape index (κ2) is 5.98. The standard InChI is InChI=1S/C15H20F3NS/c1-14(2)8-7-12(9-14)19-10-11-3-5-13(6-4-11)20-15(16,17)18/h3-6,12,19H,7-10H2,1-2H3. The van der Waals surface area contributed by atoms with Crippen LogP contribution in [0.4, 0.5) is 13.2 Å². The summed E-state index contributed by atoms with van der Waals surface area (Å²) in [6, 6.07) is 7.12. The predicted molar refractivity (Wildman–Crippen MR) is 76.6 cm³/mol. The molecule has 0 aromatic heterocycles. The van der Waals surface area contributed by atoms with Crippen LogP contribution in [0.1, 0.15) is 38.7 Å². The third-order valence-electron chi connectivity index (χ3n) is 3.72. The summed E-state index contributed by atoms with van der Waals surface area (Å²) in [6.07, 6.45) is 3.57. The number of hydrogen-bond acceptors (Lipinski definition) is 2. The molecule has 0 bridgehead atoms. The van der Waals surface area contributed by atoms with Gasteiger partial charge in [-0.15, -0.1) is 0 Å². The summed E-state index contributed by atoms with van der Waals surface area (Å²) in [5.41, 5.74) is -2.78. The second-order valence-corrected chi connectivity index (χ2v) is 7.32. The van der Waals surface area contributed by atoms with Crippen molar-refractivity contribution in [1.82, 2.24) is 5.32 Å². The molecule has 0 aliphatic heterocycles. The van der Waals surface area contributed by atoms with Gasteiger partial charge in [-0.2, -0.15) is 13.2 Å². The summed E-state index contributed by atoms with van der Waals surface area (Å²) in [6.45, 7) is 5.27. The van der Waals surface area contributed by atoms with E-state index in [1.165, 1.54) is 25.0 Å². The number of alkyl halides is 3. The zero-order chi connectivity index (χ0) is 14.8. The lowest BCUT2D eigenvalue weighted by molar-refractivity contribution is -0.0328. The number of nitrogens with one attached hydrogen (secondary N) is 1. The molecule has 112 valence electrons. The van der Waals surface area contributed by atoms with Gasteiger partial charge in [-0.05, 0) is 54.1 Å². The molecule has 1 aliphatic carbocycles. The van der Waals surface area contributed by atoms with Crippen LogP contribution in [0.15, 0.2) is 29.2 Å². The lowest BCUT2D eigenvalue weighted by atomic mass is 9.92. The van der Waals surface area contributed by atoms with Crippen LogP contribution < -0.4 is 5.32 Å². The van der Waals surface area contributed by atoms with Crippen molar-refractivity contribution in [3.8, 4) is 0 Å². The third kappa shape index (κ3) is 5.02. The smallest absolute Gasteiger partial charge is 0.310 e. The number of hydrogen-bond donors (Lipinski definition) is 1. The van der Waals surface area contributed by atoms with Crippen LogP contribution in [0.25, 0.3) is 0 Å². The van der Waals surface area contributed by atoms with E-state index in [0.717, 1.165) is 18.5 Å². The average Bonchev–Trinajstić information content (AvgIpc) is 2.66. The number of rotatable bonds is 4. The van der Waals surface area contributed by atoms with Crippen molar-refractivity contribution in [2.45, 2.75) is 56.1 Å². The Morgan fingerprint density at radius 3 is 2.40 bits per heavy atom. The fourth-order valence-corrected chi connectivity index (χ4v) is 3.22. The van der Waals surface area contributed by atoms with Crippen molar-refractivity contribution in [2.75, 3.05) is 0 Å². The molecule has 1 aromatic rings. The van der Waals surface area contributed by atoms with E-state index in [1.54, 1.807) is 12.1 Å². The Bertz CT molecular complexity index is 439. The first-order valence-corrected chi connectivity index (χ1v) is 7.63. The molecule has 2 rings (SSSR count). The molecule has 0 amide bonds. The molecule has 0 spiro atoms. The molecule has 1 unspecified atom stereocenters. The van der Waals surface area contributed by atoms with Crippen molar-refractivity contribution < 1.29 is 13.2 Å². The van der Waals surface area contributed by atoms with Gasteiger partial charge in [-0.25, -0.2) is 0 Å². The largest absolute Gasteiger partial charge is 0.446 e. The zero-order valence-corrected chi connectivity index (χ0v) is 12.6. The van der Waals surface area contributed by atoms with Gasteiger partial charge in [-0.3, -0.25) is 0 Å². The molecule has 5 heteroatoms. The summed E-state index contributed by atoms with van der Waals surface area (Å²) >= 11 is -0.0678. The molecule has 0 saturated heterocycles. The van der Waals surface area contributed by atoms with E-state index < -0.39 is 5.51 Å². The van der Waals surface area contributed by atoms with E-state index in [1.807, 2.05) is 0 Å². The summed E-state index contributed by atoms with van der Waals surface area (Å²) in [4.78, 5) is 0.239. The van der Waals surface area contributed by atoms with E-state index in [-0.39, 0.29) is 16.7 Å². The van der Waals surface area contributed by atoms with Crippen molar-refractivity contribution in [3.05, 3.63) is 29.8 Å². The molecular formula is C15H20F3NS. The minimum atomic E-state index is -4.21. The molecule has 1 aliphatic rings. The maximum atomic E-state index is 12.2. The Kier molecular flexibility index (Phi) is 4.69. The fraction of sp³-hybridized carbons (Fsp3) is 0.600. The van der Waals surface area contributed by atoms with Crippen LogP contribution in [0.5, 0.6) is 0 Å². The van der Waals surface area contributed by atoms with Crippen molar-refractivity contribution >= 4 is 11.8 Å². The van der Waals surface area contributed by atoms with Gasteiger partial charge >= 0.3 is 5.51 Å². The summed E-state index contributed by atoms with van der Waals surface area (Å²) < 4.78 is 36.7. The van der Waals surface area contributed by atoms with Gasteiger partial charge in [0.25, 0.3) is 0 Å². The Labute approximate surface area is 122 Å². The molecule has 1 fully saturated rings. The quantitative estimate of drug-likeness (QED) is 0.788. The molecule has 20 heavy (non-hydrogen) atoms. The van der Waals surface area contributed by atoms with Crippen LogP contribution in [-0.2, 0) is 6.54 Å². The Balaban J connectivity index is 1.82. The van der Waals surface area contributed by atoms with Crippen molar-refractivity contribution in [2.24, 2.45) is 5.41 Å². The van der Waals surface area contributed by atoms with E-state index in [9.17, 15) is 13.2 Å². The SMILES string of the molecule is CC1(C)CCC(NCc2ccc(SC(F)(F)F)cc2)C1. The minimum absolute atomic E-state index is 0.0678. The van der Waals surface area contributed by atoms with Crippen LogP contribution in [0, 0.1) is 5.41 Å². The fourth-order valence-electron chi connectivity index (χ4n) is 2.68. The molecule has 1 aromatic carbocycles. The number of benzene rings is 1. The van der Waals surface area contributed by atoms with Gasteiger partial charge in [-0.1, -0.05) is 26.0 Å². The Morgan fingerprint density at radius 1 is 1.25 bits per heavy atom. The van der Waals surface area contributed by atoms with E-state index in [4.69, 9.17) is 0 Å². The van der Waals surface area contributed by atoms with E-state index in [2.05, 4.69) is 19.2 Å². The molecule has 1 saturated carbocycles. The highest BCUT2D eigenvalue weighted by molar-refractivity contribution is 8.00. The predicted octanol–water partition coefficient (Wildman–Crippen LogP) is 4.97. The molecular weight excluding hydrogens is 283 g/mol. The highest BCUT2D eigenvalue weighted by Crippen LogP contribution is 2.38. The minimum Gasteiger partial charge on any atom is -0.310 e. The van der Waals surface area contributed by atoms with Crippen LogP contribution >= 0.6 is 11.8 Å². The molecule has 1 nitrogen and oxygen atoms in total. The van der Waals surface area contributed by atoms with Crippen LogP contribution in [0.3, 0.4) is 0 Å². The van der Waals surface area contributed by atoms with Crippen molar-refractivity contribution in [3.63, 3.8) is 0 Å². The van der Waals surface area contributed by atoms with Gasteiger partial charge < -0.3 is 5.32 Å². The molecule has 1 atom stereocenters. The van der Waals surface area contributed by atoms with Crippen molar-refractivity contribution in [1.29, 1.82) is 0 Å². The normalized spacial score (nSPS) is 22.1. The Hall–Kier alpha value is -0.680. The monoisotopic (exact) mass is 303 g/mol. The van der Waals surface area contributed by atoms with Gasteiger partial charge in [0.1, 0.15) is 0 Å². The summed E-state index contributed by atoms with van der Waals surface area (Å²) in [7, 11) is 0. The summed E-state index contributed by atoms with van der Waals surface area (Å²) in [5, 5.41) is 3.49. The van der Waals surface area contributed by atoms with E-state index in [0.29, 0.717) is 11.5 Å². The van der Waals surface area contributed by atoms with E-state index >= 15 is 0 Å². The molecule has 0 heterocycles. The number of halogens is 3. The highest BCUT2D eigenvalue weighted by atomic mass is 32.2. The zero-order valence-electron chi connectivity index (χ0n) is 11.8.